The highest BCUT2D eigenvalue weighted by Gasteiger charge is 2.03. The first-order valence-electron chi connectivity index (χ1n) is 5.93. The first kappa shape index (κ1) is 12.8. The molecule has 0 aliphatic heterocycles. The Kier molecular flexibility index (Phi) is 3.82. The fourth-order valence-electron chi connectivity index (χ4n) is 1.72. The lowest BCUT2D eigenvalue weighted by molar-refractivity contribution is 0.867. The van der Waals surface area contributed by atoms with Gasteiger partial charge in [-0.25, -0.2) is 9.97 Å². The van der Waals surface area contributed by atoms with Crippen LogP contribution in [-0.2, 0) is 0 Å². The van der Waals surface area contributed by atoms with Crippen molar-refractivity contribution in [1.82, 2.24) is 9.97 Å². The van der Waals surface area contributed by atoms with Crippen molar-refractivity contribution < 1.29 is 0 Å². The van der Waals surface area contributed by atoms with Gasteiger partial charge in [0.05, 0.1) is 0 Å². The monoisotopic (exact) mass is 261 g/mol. The SMILES string of the molecule is Cc1cc(Nc2cccc(C(C)C)c2)nc(Cl)n1. The molecule has 1 N–H and O–H groups in total. The van der Waals surface area contributed by atoms with E-state index in [0.29, 0.717) is 11.7 Å². The Labute approximate surface area is 112 Å². The van der Waals surface area contributed by atoms with Crippen LogP contribution in [0.15, 0.2) is 30.3 Å². The van der Waals surface area contributed by atoms with Crippen LogP contribution in [0.1, 0.15) is 31.0 Å². The summed E-state index contributed by atoms with van der Waals surface area (Å²) in [7, 11) is 0. The number of hydrogen-bond donors (Lipinski definition) is 1. The zero-order chi connectivity index (χ0) is 13.1. The van der Waals surface area contributed by atoms with Crippen molar-refractivity contribution in [1.29, 1.82) is 0 Å². The first-order valence-corrected chi connectivity index (χ1v) is 6.30. The van der Waals surface area contributed by atoms with Crippen molar-refractivity contribution in [3.63, 3.8) is 0 Å². The number of aromatic nitrogens is 2. The van der Waals surface area contributed by atoms with Gasteiger partial charge in [-0.15, -0.1) is 0 Å². The maximum atomic E-state index is 5.84. The van der Waals surface area contributed by atoms with Gasteiger partial charge in [0.2, 0.25) is 5.28 Å². The van der Waals surface area contributed by atoms with Crippen LogP contribution in [-0.4, -0.2) is 9.97 Å². The Morgan fingerprint density at radius 3 is 2.61 bits per heavy atom. The number of anilines is 2. The van der Waals surface area contributed by atoms with Gasteiger partial charge in [-0.2, -0.15) is 0 Å². The van der Waals surface area contributed by atoms with Crippen molar-refractivity contribution in [2.75, 3.05) is 5.32 Å². The van der Waals surface area contributed by atoms with Crippen LogP contribution in [0, 0.1) is 6.92 Å². The molecule has 0 spiro atoms. The summed E-state index contributed by atoms with van der Waals surface area (Å²) in [4.78, 5) is 8.18. The van der Waals surface area contributed by atoms with E-state index in [9.17, 15) is 0 Å². The zero-order valence-corrected chi connectivity index (χ0v) is 11.5. The van der Waals surface area contributed by atoms with Crippen LogP contribution >= 0.6 is 11.6 Å². The van der Waals surface area contributed by atoms with Crippen LogP contribution in [0.3, 0.4) is 0 Å². The molecule has 0 aliphatic rings. The summed E-state index contributed by atoms with van der Waals surface area (Å²) in [6, 6.07) is 10.2. The average molecular weight is 262 g/mol. The van der Waals surface area contributed by atoms with Crippen molar-refractivity contribution in [3.05, 3.63) is 46.9 Å². The van der Waals surface area contributed by atoms with Gasteiger partial charge >= 0.3 is 0 Å². The summed E-state index contributed by atoms with van der Waals surface area (Å²) in [6.07, 6.45) is 0. The van der Waals surface area contributed by atoms with Crippen molar-refractivity contribution in [2.24, 2.45) is 0 Å². The lowest BCUT2D eigenvalue weighted by Gasteiger charge is -2.10. The molecule has 2 aromatic rings. The highest BCUT2D eigenvalue weighted by Crippen LogP contribution is 2.21. The van der Waals surface area contributed by atoms with E-state index in [4.69, 9.17) is 11.6 Å². The zero-order valence-electron chi connectivity index (χ0n) is 10.7. The predicted octanol–water partition coefficient (Wildman–Crippen LogP) is 4.31. The maximum absolute atomic E-state index is 5.84. The van der Waals surface area contributed by atoms with E-state index < -0.39 is 0 Å². The first-order chi connectivity index (χ1) is 8.54. The Hall–Kier alpha value is -1.61. The van der Waals surface area contributed by atoms with Crippen LogP contribution in [0.5, 0.6) is 0 Å². The summed E-state index contributed by atoms with van der Waals surface area (Å²) in [5.74, 6) is 1.22. The van der Waals surface area contributed by atoms with Gasteiger partial charge in [0.1, 0.15) is 5.82 Å². The van der Waals surface area contributed by atoms with Crippen LogP contribution in [0.4, 0.5) is 11.5 Å². The molecular weight excluding hydrogens is 246 g/mol. The molecule has 0 saturated carbocycles. The van der Waals surface area contributed by atoms with E-state index >= 15 is 0 Å². The molecule has 0 bridgehead atoms. The van der Waals surface area contributed by atoms with E-state index in [1.165, 1.54) is 5.56 Å². The fourth-order valence-corrected chi connectivity index (χ4v) is 1.94. The third kappa shape index (κ3) is 3.20. The van der Waals surface area contributed by atoms with E-state index in [1.807, 2.05) is 25.1 Å². The molecule has 0 unspecified atom stereocenters. The highest BCUT2D eigenvalue weighted by atomic mass is 35.5. The molecule has 0 amide bonds. The number of aryl methyl sites for hydroxylation is 1. The van der Waals surface area contributed by atoms with Gasteiger partial charge in [-0.3, -0.25) is 0 Å². The Morgan fingerprint density at radius 2 is 1.94 bits per heavy atom. The molecule has 3 nitrogen and oxygen atoms in total. The van der Waals surface area contributed by atoms with E-state index in [2.05, 4.69) is 41.3 Å². The largest absolute Gasteiger partial charge is 0.340 e. The van der Waals surface area contributed by atoms with Crippen LogP contribution in [0.2, 0.25) is 5.28 Å². The van der Waals surface area contributed by atoms with Gasteiger partial charge in [0.15, 0.2) is 0 Å². The second-order valence-corrected chi connectivity index (χ2v) is 4.91. The van der Waals surface area contributed by atoms with Crippen molar-refractivity contribution in [2.45, 2.75) is 26.7 Å². The fraction of sp³-hybridized carbons (Fsp3) is 0.286. The highest BCUT2D eigenvalue weighted by molar-refractivity contribution is 6.28. The standard InChI is InChI=1S/C14H16ClN3/c1-9(2)11-5-4-6-12(8-11)17-13-7-10(3)16-14(15)18-13/h4-9H,1-3H3,(H,16,17,18). The van der Waals surface area contributed by atoms with Crippen molar-refractivity contribution >= 4 is 23.1 Å². The second kappa shape index (κ2) is 5.36. The molecule has 1 aromatic carbocycles. The third-order valence-electron chi connectivity index (χ3n) is 2.65. The molecule has 0 radical (unpaired) electrons. The topological polar surface area (TPSA) is 37.8 Å². The van der Waals surface area contributed by atoms with Gasteiger partial charge in [-0.1, -0.05) is 26.0 Å². The van der Waals surface area contributed by atoms with Crippen LogP contribution < -0.4 is 5.32 Å². The predicted molar refractivity (Wildman–Crippen MR) is 75.6 cm³/mol. The van der Waals surface area contributed by atoms with Gasteiger partial charge < -0.3 is 5.32 Å². The number of rotatable bonds is 3. The molecule has 94 valence electrons. The normalized spacial score (nSPS) is 10.7. The summed E-state index contributed by atoms with van der Waals surface area (Å²) in [5.41, 5.74) is 3.14. The van der Waals surface area contributed by atoms with Gasteiger partial charge in [0.25, 0.3) is 0 Å². The number of nitrogens with zero attached hydrogens (tertiary/aromatic N) is 2. The molecular formula is C14H16ClN3. The molecule has 0 fully saturated rings. The average Bonchev–Trinajstić information content (AvgIpc) is 2.27. The molecule has 0 atom stereocenters. The Bertz CT molecular complexity index is 532. The minimum Gasteiger partial charge on any atom is -0.340 e. The van der Waals surface area contributed by atoms with Gasteiger partial charge in [0, 0.05) is 17.4 Å². The number of benzene rings is 1. The third-order valence-corrected chi connectivity index (χ3v) is 2.82. The molecule has 1 heterocycles. The van der Waals surface area contributed by atoms with E-state index in [0.717, 1.165) is 11.4 Å². The lowest BCUT2D eigenvalue weighted by atomic mass is 10.0. The maximum Gasteiger partial charge on any atom is 0.224 e. The molecule has 18 heavy (non-hydrogen) atoms. The number of halogens is 1. The summed E-state index contributed by atoms with van der Waals surface area (Å²) < 4.78 is 0. The second-order valence-electron chi connectivity index (χ2n) is 4.57. The number of hydrogen-bond acceptors (Lipinski definition) is 3. The molecule has 0 aliphatic carbocycles. The number of nitrogens with one attached hydrogen (secondary N) is 1. The molecule has 2 rings (SSSR count). The quantitative estimate of drug-likeness (QED) is 0.837. The van der Waals surface area contributed by atoms with Crippen molar-refractivity contribution in [3.8, 4) is 0 Å². The molecule has 1 aromatic heterocycles. The van der Waals surface area contributed by atoms with Crippen LogP contribution in [0.25, 0.3) is 0 Å². The van der Waals surface area contributed by atoms with Gasteiger partial charge in [-0.05, 0) is 42.1 Å². The lowest BCUT2D eigenvalue weighted by Crippen LogP contribution is -1.97. The van der Waals surface area contributed by atoms with E-state index in [1.54, 1.807) is 0 Å². The minimum atomic E-state index is 0.262. The molecule has 4 heteroatoms. The molecule has 0 saturated heterocycles. The summed E-state index contributed by atoms with van der Waals surface area (Å²) >= 11 is 5.84. The smallest absolute Gasteiger partial charge is 0.224 e. The summed E-state index contributed by atoms with van der Waals surface area (Å²) in [5, 5.41) is 3.51. The Balaban J connectivity index is 2.25. The Morgan fingerprint density at radius 1 is 1.17 bits per heavy atom. The van der Waals surface area contributed by atoms with E-state index in [-0.39, 0.29) is 5.28 Å². The minimum absolute atomic E-state index is 0.262. The summed E-state index contributed by atoms with van der Waals surface area (Å²) in [6.45, 7) is 6.24.